The van der Waals surface area contributed by atoms with Crippen LogP contribution in [0.4, 0.5) is 5.69 Å². The highest BCUT2D eigenvalue weighted by atomic mass is 16.2. The van der Waals surface area contributed by atoms with Crippen molar-refractivity contribution in [2.45, 2.75) is 6.92 Å². The average molecular weight is 282 g/mol. The fourth-order valence-electron chi connectivity index (χ4n) is 1.81. The summed E-state index contributed by atoms with van der Waals surface area (Å²) in [7, 11) is 0. The number of hydrogen-bond donors (Lipinski definition) is 3. The summed E-state index contributed by atoms with van der Waals surface area (Å²) in [5.41, 5.74) is 1.89. The van der Waals surface area contributed by atoms with Gasteiger partial charge in [0.25, 0.3) is 5.91 Å². The van der Waals surface area contributed by atoms with E-state index in [0.29, 0.717) is 5.69 Å². The normalized spacial score (nSPS) is 9.62. The minimum Gasteiger partial charge on any atom is -0.384 e. The van der Waals surface area contributed by atoms with Crippen molar-refractivity contribution in [1.29, 1.82) is 0 Å². The van der Waals surface area contributed by atoms with E-state index in [1.165, 1.54) is 18.5 Å². The van der Waals surface area contributed by atoms with Gasteiger partial charge in [-0.25, -0.2) is 0 Å². The molecule has 0 spiro atoms. The summed E-state index contributed by atoms with van der Waals surface area (Å²) in [5, 5.41) is 11.4. The number of H-pyrrole nitrogens is 1. The molecule has 1 amide bonds. The van der Waals surface area contributed by atoms with Gasteiger partial charge in [0, 0.05) is 29.7 Å². The van der Waals surface area contributed by atoms with E-state index in [1.807, 2.05) is 6.92 Å². The van der Waals surface area contributed by atoms with Crippen molar-refractivity contribution in [1.82, 2.24) is 4.98 Å². The van der Waals surface area contributed by atoms with Gasteiger partial charge in [-0.2, -0.15) is 0 Å². The minimum atomic E-state index is -0.464. The molecule has 3 N–H and O–H groups in total. The van der Waals surface area contributed by atoms with Crippen LogP contribution in [0.5, 0.6) is 0 Å². The molecule has 0 atom stereocenters. The highest BCUT2D eigenvalue weighted by molar-refractivity contribution is 6.04. The Hall–Kier alpha value is -2.84. The second-order valence-electron chi connectivity index (χ2n) is 4.37. The van der Waals surface area contributed by atoms with Gasteiger partial charge in [0.2, 0.25) is 0 Å². The number of aryl methyl sites for hydroxylation is 1. The smallest absolute Gasteiger partial charge is 0.261 e. The van der Waals surface area contributed by atoms with Crippen molar-refractivity contribution in [3.05, 3.63) is 63.6 Å². The zero-order valence-electron chi connectivity index (χ0n) is 11.4. The minimum absolute atomic E-state index is 0.0565. The molecular weight excluding hydrogens is 268 g/mol. The Morgan fingerprint density at radius 3 is 2.86 bits per heavy atom. The lowest BCUT2D eigenvalue weighted by molar-refractivity contribution is 0.102. The molecule has 1 heterocycles. The lowest BCUT2D eigenvalue weighted by atomic mass is 10.1. The van der Waals surface area contributed by atoms with E-state index in [1.54, 1.807) is 18.2 Å². The third-order valence-electron chi connectivity index (χ3n) is 2.86. The monoisotopic (exact) mass is 282 g/mol. The van der Waals surface area contributed by atoms with E-state index in [9.17, 15) is 9.59 Å². The van der Waals surface area contributed by atoms with Gasteiger partial charge >= 0.3 is 0 Å². The van der Waals surface area contributed by atoms with Gasteiger partial charge in [-0.3, -0.25) is 9.59 Å². The molecule has 5 heteroatoms. The van der Waals surface area contributed by atoms with Gasteiger partial charge in [-0.05, 0) is 30.7 Å². The molecule has 0 saturated heterocycles. The molecular formula is C16H14N2O3. The number of hydrogen-bond acceptors (Lipinski definition) is 3. The first-order valence-corrected chi connectivity index (χ1v) is 6.30. The number of aliphatic hydroxyl groups excluding tert-OH is 1. The third kappa shape index (κ3) is 3.59. The van der Waals surface area contributed by atoms with E-state index < -0.39 is 5.91 Å². The first kappa shape index (κ1) is 14.6. The number of nitrogens with one attached hydrogen (secondary N) is 2. The zero-order valence-corrected chi connectivity index (χ0v) is 11.4. The predicted octanol–water partition coefficient (Wildman–Crippen LogP) is 1.28. The SMILES string of the molecule is Cc1cc(C#CCO)ccc1NC(=O)c1c[nH]ccc1=O. The zero-order chi connectivity index (χ0) is 15.2. The Labute approximate surface area is 121 Å². The van der Waals surface area contributed by atoms with Crippen molar-refractivity contribution < 1.29 is 9.90 Å². The number of anilines is 1. The summed E-state index contributed by atoms with van der Waals surface area (Å²) in [4.78, 5) is 26.3. The standard InChI is InChI=1S/C16H14N2O3/c1-11-9-12(3-2-8-19)4-5-14(11)18-16(21)13-10-17-7-6-15(13)20/h4-7,9-10,19H,8H2,1H3,(H,17,20)(H,18,21). The lowest BCUT2D eigenvalue weighted by Crippen LogP contribution is -2.21. The summed E-state index contributed by atoms with van der Waals surface area (Å²) in [6, 6.07) is 6.55. The number of carbonyl (C=O) groups is 1. The number of carbonyl (C=O) groups excluding carboxylic acids is 1. The summed E-state index contributed by atoms with van der Waals surface area (Å²) in [6.07, 6.45) is 2.84. The Balaban J connectivity index is 2.22. The Morgan fingerprint density at radius 1 is 1.38 bits per heavy atom. The number of aliphatic hydroxyl groups is 1. The Morgan fingerprint density at radius 2 is 2.19 bits per heavy atom. The van der Waals surface area contributed by atoms with Crippen molar-refractivity contribution in [2.75, 3.05) is 11.9 Å². The van der Waals surface area contributed by atoms with E-state index >= 15 is 0 Å². The van der Waals surface area contributed by atoms with Gasteiger partial charge in [0.15, 0.2) is 5.43 Å². The van der Waals surface area contributed by atoms with Crippen LogP contribution in [0.3, 0.4) is 0 Å². The van der Waals surface area contributed by atoms with Crippen LogP contribution in [0.2, 0.25) is 0 Å². The van der Waals surface area contributed by atoms with E-state index in [2.05, 4.69) is 22.1 Å². The molecule has 0 aliphatic heterocycles. The molecule has 0 bridgehead atoms. The van der Waals surface area contributed by atoms with Crippen LogP contribution in [-0.2, 0) is 0 Å². The Bertz CT molecular complexity index is 782. The van der Waals surface area contributed by atoms with Crippen LogP contribution in [0.1, 0.15) is 21.5 Å². The molecule has 1 aromatic carbocycles. The molecule has 0 fully saturated rings. The molecule has 106 valence electrons. The van der Waals surface area contributed by atoms with Crippen molar-refractivity contribution >= 4 is 11.6 Å². The molecule has 0 saturated carbocycles. The number of benzene rings is 1. The van der Waals surface area contributed by atoms with Gasteiger partial charge in [0.05, 0.1) is 0 Å². The van der Waals surface area contributed by atoms with Gasteiger partial charge in [-0.15, -0.1) is 0 Å². The number of aromatic nitrogens is 1. The van der Waals surface area contributed by atoms with Gasteiger partial charge in [0.1, 0.15) is 12.2 Å². The molecule has 5 nitrogen and oxygen atoms in total. The van der Waals surface area contributed by atoms with Crippen LogP contribution >= 0.6 is 0 Å². The highest BCUT2D eigenvalue weighted by Crippen LogP contribution is 2.16. The quantitative estimate of drug-likeness (QED) is 0.726. The maximum absolute atomic E-state index is 12.1. The molecule has 2 rings (SSSR count). The lowest BCUT2D eigenvalue weighted by Gasteiger charge is -2.08. The summed E-state index contributed by atoms with van der Waals surface area (Å²) in [5.74, 6) is 4.88. The van der Waals surface area contributed by atoms with Crippen LogP contribution in [0.15, 0.2) is 41.5 Å². The molecule has 21 heavy (non-hydrogen) atoms. The topological polar surface area (TPSA) is 82.2 Å². The van der Waals surface area contributed by atoms with Crippen molar-refractivity contribution in [3.8, 4) is 11.8 Å². The predicted molar refractivity (Wildman–Crippen MR) is 80.2 cm³/mol. The molecule has 0 aliphatic carbocycles. The molecule has 0 radical (unpaired) electrons. The summed E-state index contributed by atoms with van der Waals surface area (Å²) in [6.45, 7) is 1.63. The highest BCUT2D eigenvalue weighted by Gasteiger charge is 2.10. The maximum atomic E-state index is 12.1. The fraction of sp³-hybridized carbons (Fsp3) is 0.125. The first-order valence-electron chi connectivity index (χ1n) is 6.30. The number of pyridine rings is 1. The second-order valence-corrected chi connectivity index (χ2v) is 4.37. The molecule has 0 aliphatic rings. The van der Waals surface area contributed by atoms with Crippen LogP contribution in [0, 0.1) is 18.8 Å². The first-order chi connectivity index (χ1) is 10.1. The van der Waals surface area contributed by atoms with E-state index in [-0.39, 0.29) is 17.6 Å². The summed E-state index contributed by atoms with van der Waals surface area (Å²) < 4.78 is 0. The fourth-order valence-corrected chi connectivity index (χ4v) is 1.81. The van der Waals surface area contributed by atoms with Gasteiger partial charge in [-0.1, -0.05) is 11.8 Å². The van der Waals surface area contributed by atoms with Crippen LogP contribution in [0.25, 0.3) is 0 Å². The Kier molecular flexibility index (Phi) is 4.54. The largest absolute Gasteiger partial charge is 0.384 e. The summed E-state index contributed by atoms with van der Waals surface area (Å²) >= 11 is 0. The number of amides is 1. The molecule has 0 unspecified atom stereocenters. The van der Waals surface area contributed by atoms with Gasteiger partial charge < -0.3 is 15.4 Å². The van der Waals surface area contributed by atoms with Crippen molar-refractivity contribution in [2.24, 2.45) is 0 Å². The van der Waals surface area contributed by atoms with Crippen LogP contribution < -0.4 is 10.7 Å². The average Bonchev–Trinajstić information content (AvgIpc) is 2.48. The van der Waals surface area contributed by atoms with Crippen LogP contribution in [-0.4, -0.2) is 22.6 Å². The molecule has 2 aromatic rings. The van der Waals surface area contributed by atoms with E-state index in [4.69, 9.17) is 5.11 Å². The molecule has 1 aromatic heterocycles. The second kappa shape index (κ2) is 6.55. The maximum Gasteiger partial charge on any atom is 0.261 e. The van der Waals surface area contributed by atoms with E-state index in [0.717, 1.165) is 11.1 Å². The van der Waals surface area contributed by atoms with Crippen molar-refractivity contribution in [3.63, 3.8) is 0 Å². The number of rotatable bonds is 2. The third-order valence-corrected chi connectivity index (χ3v) is 2.86. The number of aromatic amines is 1.